The average Bonchev–Trinajstić information content (AvgIpc) is 3.40. The van der Waals surface area contributed by atoms with Crippen LogP contribution in [0.15, 0.2) is 35.3 Å². The quantitative estimate of drug-likeness (QED) is 0.328. The van der Waals surface area contributed by atoms with Crippen molar-refractivity contribution in [3.63, 3.8) is 0 Å². The second-order valence-corrected chi connectivity index (χ2v) is 11.0. The van der Waals surface area contributed by atoms with E-state index in [1.807, 2.05) is 17.9 Å². The Morgan fingerprint density at radius 3 is 2.71 bits per heavy atom. The number of carbonyl (C=O) groups excluding carboxylic acids is 2. The minimum absolute atomic E-state index is 0.0896. The highest BCUT2D eigenvalue weighted by molar-refractivity contribution is 5.92. The second-order valence-electron chi connectivity index (χ2n) is 11.0. The molecule has 2 aromatic heterocycles. The van der Waals surface area contributed by atoms with E-state index >= 15 is 0 Å². The van der Waals surface area contributed by atoms with Crippen LogP contribution in [0.1, 0.15) is 58.4 Å². The Morgan fingerprint density at radius 2 is 1.98 bits per heavy atom. The Bertz CT molecular complexity index is 1400. The standard InChI is InChI=1S/C30H39N7O5/c1-19-25-8-9-36(14-22(25)4-5-27(19)41-16-28-20(2)34-18-42-28)15-24(39)13-31-30(40)26-12-29(33-17-32-26)35-23-6-10-37(11-7-23)21(3)38/h4-5,12,17-18,23-24,39H,6-11,13-16H2,1-3H3,(H,31,40)(H,32,33,35). The number of aromatic nitrogens is 3. The number of rotatable bonds is 10. The zero-order chi connectivity index (χ0) is 29.6. The number of aliphatic hydroxyl groups is 1. The summed E-state index contributed by atoms with van der Waals surface area (Å²) in [6.07, 6.45) is 4.54. The number of amides is 2. The Labute approximate surface area is 245 Å². The molecule has 12 heteroatoms. The summed E-state index contributed by atoms with van der Waals surface area (Å²) >= 11 is 0. The molecule has 0 spiro atoms. The number of nitrogens with zero attached hydrogens (tertiary/aromatic N) is 5. The Kier molecular flexibility index (Phi) is 9.33. The number of hydrogen-bond donors (Lipinski definition) is 3. The van der Waals surface area contributed by atoms with Gasteiger partial charge in [-0.05, 0) is 55.9 Å². The molecule has 224 valence electrons. The molecule has 42 heavy (non-hydrogen) atoms. The monoisotopic (exact) mass is 577 g/mol. The summed E-state index contributed by atoms with van der Waals surface area (Å²) in [7, 11) is 0. The second kappa shape index (κ2) is 13.3. The SMILES string of the molecule is CC(=O)N1CCC(Nc2cc(C(=O)NCC(O)CN3CCc4c(ccc(OCc5ocnc5C)c4C)C3)ncn2)CC1. The van der Waals surface area contributed by atoms with Crippen LogP contribution in [0.2, 0.25) is 0 Å². The Morgan fingerprint density at radius 1 is 1.17 bits per heavy atom. The molecule has 0 saturated carbocycles. The average molecular weight is 578 g/mol. The first-order valence-corrected chi connectivity index (χ1v) is 14.4. The van der Waals surface area contributed by atoms with Crippen LogP contribution in [-0.2, 0) is 24.4 Å². The number of ether oxygens (including phenoxy) is 1. The number of hydrogen-bond acceptors (Lipinski definition) is 10. The van der Waals surface area contributed by atoms with Crippen molar-refractivity contribution in [2.45, 2.75) is 65.3 Å². The topological polar surface area (TPSA) is 146 Å². The highest BCUT2D eigenvalue weighted by Gasteiger charge is 2.23. The van der Waals surface area contributed by atoms with E-state index in [4.69, 9.17) is 9.15 Å². The molecule has 3 aromatic rings. The lowest BCUT2D eigenvalue weighted by molar-refractivity contribution is -0.129. The number of carbonyl (C=O) groups is 2. The van der Waals surface area contributed by atoms with Gasteiger partial charge in [0.1, 0.15) is 30.2 Å². The molecule has 2 aliphatic heterocycles. The van der Waals surface area contributed by atoms with Crippen LogP contribution >= 0.6 is 0 Å². The van der Waals surface area contributed by atoms with Gasteiger partial charge < -0.3 is 29.8 Å². The third-order valence-electron chi connectivity index (χ3n) is 8.08. The molecule has 3 N–H and O–H groups in total. The van der Waals surface area contributed by atoms with Crippen LogP contribution in [0, 0.1) is 13.8 Å². The minimum atomic E-state index is -0.727. The lowest BCUT2D eigenvalue weighted by Gasteiger charge is -2.32. The van der Waals surface area contributed by atoms with Crippen molar-refractivity contribution < 1.29 is 23.8 Å². The maximum atomic E-state index is 12.8. The van der Waals surface area contributed by atoms with E-state index < -0.39 is 6.10 Å². The molecule has 4 heterocycles. The fourth-order valence-corrected chi connectivity index (χ4v) is 5.57. The smallest absolute Gasteiger partial charge is 0.270 e. The molecule has 12 nitrogen and oxygen atoms in total. The van der Waals surface area contributed by atoms with E-state index in [9.17, 15) is 14.7 Å². The van der Waals surface area contributed by atoms with Gasteiger partial charge in [0, 0.05) is 58.3 Å². The third-order valence-corrected chi connectivity index (χ3v) is 8.08. The number of aryl methyl sites for hydroxylation is 1. The van der Waals surface area contributed by atoms with Gasteiger partial charge in [0.05, 0.1) is 11.8 Å². The summed E-state index contributed by atoms with van der Waals surface area (Å²) in [5, 5.41) is 16.8. The van der Waals surface area contributed by atoms with Crippen molar-refractivity contribution in [2.75, 3.05) is 38.0 Å². The fraction of sp³-hybridized carbons (Fsp3) is 0.500. The highest BCUT2D eigenvalue weighted by atomic mass is 16.5. The molecule has 1 unspecified atom stereocenters. The lowest BCUT2D eigenvalue weighted by atomic mass is 9.94. The van der Waals surface area contributed by atoms with E-state index in [-0.39, 0.29) is 30.1 Å². The van der Waals surface area contributed by atoms with E-state index in [1.165, 1.54) is 23.8 Å². The largest absolute Gasteiger partial charge is 0.485 e. The molecule has 1 saturated heterocycles. The summed E-state index contributed by atoms with van der Waals surface area (Å²) in [6, 6.07) is 5.86. The zero-order valence-electron chi connectivity index (χ0n) is 24.4. The van der Waals surface area contributed by atoms with Gasteiger partial charge in [-0.2, -0.15) is 0 Å². The van der Waals surface area contributed by atoms with Crippen molar-refractivity contribution in [3.05, 3.63) is 64.8 Å². The van der Waals surface area contributed by atoms with Crippen LogP contribution in [0.5, 0.6) is 5.75 Å². The van der Waals surface area contributed by atoms with Crippen LogP contribution in [0.25, 0.3) is 0 Å². The third kappa shape index (κ3) is 7.24. The van der Waals surface area contributed by atoms with Crippen molar-refractivity contribution in [3.8, 4) is 5.75 Å². The molecule has 1 fully saturated rings. The maximum absolute atomic E-state index is 12.8. The van der Waals surface area contributed by atoms with Crippen LogP contribution in [0.3, 0.4) is 0 Å². The number of fused-ring (bicyclic) bond motifs is 1. The molecule has 1 aromatic carbocycles. The molecule has 2 aliphatic rings. The predicted molar refractivity (Wildman–Crippen MR) is 155 cm³/mol. The van der Waals surface area contributed by atoms with E-state index in [0.717, 1.165) is 55.1 Å². The van der Waals surface area contributed by atoms with Gasteiger partial charge in [0.25, 0.3) is 5.91 Å². The van der Waals surface area contributed by atoms with Crippen LogP contribution in [-0.4, -0.2) is 86.5 Å². The summed E-state index contributed by atoms with van der Waals surface area (Å²) in [6.45, 7) is 9.37. The van der Waals surface area contributed by atoms with Gasteiger partial charge in [-0.1, -0.05) is 6.07 Å². The normalized spacial score (nSPS) is 16.5. The summed E-state index contributed by atoms with van der Waals surface area (Å²) in [5.41, 5.74) is 4.68. The number of oxazole rings is 1. The number of benzene rings is 1. The number of nitrogens with one attached hydrogen (secondary N) is 2. The lowest BCUT2D eigenvalue weighted by Crippen LogP contribution is -2.42. The highest BCUT2D eigenvalue weighted by Crippen LogP contribution is 2.30. The fourth-order valence-electron chi connectivity index (χ4n) is 5.57. The van der Waals surface area contributed by atoms with Crippen LogP contribution < -0.4 is 15.4 Å². The maximum Gasteiger partial charge on any atom is 0.270 e. The van der Waals surface area contributed by atoms with Crippen molar-refractivity contribution in [2.24, 2.45) is 0 Å². The van der Waals surface area contributed by atoms with Gasteiger partial charge >= 0.3 is 0 Å². The molecule has 0 radical (unpaired) electrons. The Balaban J connectivity index is 1.08. The van der Waals surface area contributed by atoms with Crippen LogP contribution in [0.4, 0.5) is 5.82 Å². The molecule has 0 aliphatic carbocycles. The first-order chi connectivity index (χ1) is 20.3. The van der Waals surface area contributed by atoms with E-state index in [0.29, 0.717) is 32.1 Å². The summed E-state index contributed by atoms with van der Waals surface area (Å²) in [5.74, 6) is 1.85. The molecule has 5 rings (SSSR count). The van der Waals surface area contributed by atoms with E-state index in [2.05, 4.69) is 43.5 Å². The molecule has 0 bridgehead atoms. The molecule has 1 atom stereocenters. The first kappa shape index (κ1) is 29.5. The van der Waals surface area contributed by atoms with Gasteiger partial charge in [-0.3, -0.25) is 14.5 Å². The molecule has 2 amide bonds. The number of piperidine rings is 1. The number of β-amino-alcohol motifs (C(OH)–C–C–N with tert-alkyl or cyclic N) is 1. The summed E-state index contributed by atoms with van der Waals surface area (Å²) in [4.78, 5) is 40.8. The van der Waals surface area contributed by atoms with Crippen molar-refractivity contribution in [1.29, 1.82) is 0 Å². The molecular weight excluding hydrogens is 538 g/mol. The number of anilines is 1. The number of aliphatic hydroxyl groups excluding tert-OH is 1. The zero-order valence-corrected chi connectivity index (χ0v) is 24.4. The Hall–Kier alpha value is -4.03. The van der Waals surface area contributed by atoms with Gasteiger partial charge in [-0.25, -0.2) is 15.0 Å². The number of likely N-dealkylation sites (tertiary alicyclic amines) is 1. The van der Waals surface area contributed by atoms with Gasteiger partial charge in [0.15, 0.2) is 12.2 Å². The molecular formula is C30H39N7O5. The summed E-state index contributed by atoms with van der Waals surface area (Å²) < 4.78 is 11.4. The van der Waals surface area contributed by atoms with E-state index in [1.54, 1.807) is 13.0 Å². The van der Waals surface area contributed by atoms with Gasteiger partial charge in [-0.15, -0.1) is 0 Å². The minimum Gasteiger partial charge on any atom is -0.485 e. The predicted octanol–water partition coefficient (Wildman–Crippen LogP) is 2.23. The first-order valence-electron chi connectivity index (χ1n) is 14.4. The van der Waals surface area contributed by atoms with Crippen molar-refractivity contribution >= 4 is 17.6 Å². The van der Waals surface area contributed by atoms with Gasteiger partial charge in [0.2, 0.25) is 5.91 Å². The van der Waals surface area contributed by atoms with Crippen molar-refractivity contribution in [1.82, 2.24) is 30.1 Å².